The van der Waals surface area contributed by atoms with E-state index in [-0.39, 0.29) is 0 Å². The lowest BCUT2D eigenvalue weighted by Crippen LogP contribution is -2.47. The Morgan fingerprint density at radius 1 is 0.741 bits per heavy atom. The molecule has 1 fully saturated rings. The van der Waals surface area contributed by atoms with E-state index >= 15 is 0 Å². The van der Waals surface area contributed by atoms with Gasteiger partial charge in [0, 0.05) is 54.9 Å². The van der Waals surface area contributed by atoms with Crippen LogP contribution in [-0.2, 0) is 0 Å². The van der Waals surface area contributed by atoms with Gasteiger partial charge < -0.3 is 9.80 Å². The second-order valence-corrected chi connectivity index (χ2v) is 6.85. The van der Waals surface area contributed by atoms with Gasteiger partial charge in [-0.3, -0.25) is 0 Å². The maximum Gasteiger partial charge on any atom is 0.225 e. The molecule has 1 saturated heterocycles. The lowest BCUT2D eigenvalue weighted by molar-refractivity contribution is 0.631. The van der Waals surface area contributed by atoms with Crippen LogP contribution in [0.15, 0.2) is 54.9 Å². The van der Waals surface area contributed by atoms with Crippen molar-refractivity contribution in [3.63, 3.8) is 0 Å². The van der Waals surface area contributed by atoms with E-state index in [0.29, 0.717) is 0 Å². The lowest BCUT2D eigenvalue weighted by atomic mass is 10.0. The largest absolute Gasteiger partial charge is 0.351 e. The van der Waals surface area contributed by atoms with Gasteiger partial charge in [0.2, 0.25) is 5.95 Å². The number of piperazine rings is 1. The molecule has 0 radical (unpaired) electrons. The van der Waals surface area contributed by atoms with Crippen molar-refractivity contribution in [2.24, 2.45) is 0 Å². The van der Waals surface area contributed by atoms with Gasteiger partial charge in [0.1, 0.15) is 5.52 Å². The topological polar surface area (TPSA) is 58.0 Å². The van der Waals surface area contributed by atoms with E-state index in [2.05, 4.69) is 73.3 Å². The van der Waals surface area contributed by atoms with E-state index in [1.54, 1.807) is 12.4 Å². The first kappa shape index (κ1) is 15.9. The third-order valence-corrected chi connectivity index (χ3v) is 5.30. The molecule has 0 atom stereocenters. The van der Waals surface area contributed by atoms with Gasteiger partial charge in [-0.2, -0.15) is 0 Å². The molecule has 3 heterocycles. The number of hydrogen-bond donors (Lipinski definition) is 0. The van der Waals surface area contributed by atoms with Gasteiger partial charge in [0.25, 0.3) is 0 Å². The molecule has 1 aliphatic rings. The fourth-order valence-corrected chi connectivity index (χ4v) is 3.83. The summed E-state index contributed by atoms with van der Waals surface area (Å²) in [5.41, 5.74) is 2.17. The normalized spacial score (nSPS) is 14.9. The second-order valence-electron chi connectivity index (χ2n) is 6.85. The van der Waals surface area contributed by atoms with Crippen LogP contribution < -0.4 is 9.80 Å². The third-order valence-electron chi connectivity index (χ3n) is 5.30. The van der Waals surface area contributed by atoms with Crippen LogP contribution in [0.5, 0.6) is 0 Å². The van der Waals surface area contributed by atoms with Crippen LogP contribution in [0.1, 0.15) is 5.56 Å². The summed E-state index contributed by atoms with van der Waals surface area (Å²) in [7, 11) is 0. The first-order chi connectivity index (χ1) is 13.3. The molecule has 6 nitrogen and oxygen atoms in total. The average Bonchev–Trinajstić information content (AvgIpc) is 2.75. The summed E-state index contributed by atoms with van der Waals surface area (Å²) < 4.78 is 0. The number of aromatic nitrogens is 4. The summed E-state index contributed by atoms with van der Waals surface area (Å²) in [6, 6.07) is 14.5. The van der Waals surface area contributed by atoms with Crippen molar-refractivity contribution >= 4 is 33.4 Å². The number of fused-ring (bicyclic) bond motifs is 3. The summed E-state index contributed by atoms with van der Waals surface area (Å²) in [5.74, 6) is 1.77. The summed E-state index contributed by atoms with van der Waals surface area (Å²) in [5, 5.41) is 12.7. The third kappa shape index (κ3) is 2.73. The highest BCUT2D eigenvalue weighted by molar-refractivity contribution is 6.06. The zero-order valence-corrected chi connectivity index (χ0v) is 15.2. The molecule has 1 aliphatic heterocycles. The molecule has 4 aromatic rings. The SMILES string of the molecule is Cc1c(N2CCN(c3ncccn3)CC2)nnc2c1ccc1ccccc12. The Balaban J connectivity index is 1.46. The zero-order valence-electron chi connectivity index (χ0n) is 15.2. The van der Waals surface area contributed by atoms with Crippen molar-refractivity contribution < 1.29 is 0 Å². The second kappa shape index (κ2) is 6.46. The Hall–Kier alpha value is -3.28. The molecule has 5 rings (SSSR count). The molecule has 2 aromatic carbocycles. The summed E-state index contributed by atoms with van der Waals surface area (Å²) in [6.45, 7) is 5.66. The van der Waals surface area contributed by atoms with Crippen LogP contribution in [-0.4, -0.2) is 46.3 Å². The maximum atomic E-state index is 4.60. The quantitative estimate of drug-likeness (QED) is 0.514. The van der Waals surface area contributed by atoms with Crippen molar-refractivity contribution in [2.45, 2.75) is 6.92 Å². The van der Waals surface area contributed by atoms with Crippen LogP contribution in [0.4, 0.5) is 11.8 Å². The zero-order chi connectivity index (χ0) is 18.2. The molecule has 2 aromatic heterocycles. The van der Waals surface area contributed by atoms with Crippen molar-refractivity contribution in [3.8, 4) is 0 Å². The van der Waals surface area contributed by atoms with E-state index < -0.39 is 0 Å². The number of aryl methyl sites for hydroxylation is 1. The van der Waals surface area contributed by atoms with Crippen molar-refractivity contribution in [1.82, 2.24) is 20.2 Å². The minimum absolute atomic E-state index is 0.796. The highest BCUT2D eigenvalue weighted by Crippen LogP contribution is 2.30. The van der Waals surface area contributed by atoms with E-state index in [0.717, 1.165) is 48.8 Å². The molecular weight excluding hydrogens is 336 g/mol. The molecule has 0 N–H and O–H groups in total. The molecule has 0 bridgehead atoms. The Morgan fingerprint density at radius 2 is 1.48 bits per heavy atom. The predicted molar refractivity (Wildman–Crippen MR) is 108 cm³/mol. The van der Waals surface area contributed by atoms with Gasteiger partial charge in [-0.1, -0.05) is 36.4 Å². The van der Waals surface area contributed by atoms with E-state index in [1.807, 2.05) is 6.07 Å². The molecule has 134 valence electrons. The van der Waals surface area contributed by atoms with Gasteiger partial charge in [-0.15, -0.1) is 10.2 Å². The summed E-state index contributed by atoms with van der Waals surface area (Å²) >= 11 is 0. The average molecular weight is 356 g/mol. The smallest absolute Gasteiger partial charge is 0.225 e. The number of hydrogen-bond acceptors (Lipinski definition) is 6. The molecule has 6 heteroatoms. The van der Waals surface area contributed by atoms with Crippen molar-refractivity contribution in [1.29, 1.82) is 0 Å². The Morgan fingerprint density at radius 3 is 2.30 bits per heavy atom. The number of benzene rings is 2. The van der Waals surface area contributed by atoms with Gasteiger partial charge in [-0.05, 0) is 18.4 Å². The van der Waals surface area contributed by atoms with Crippen molar-refractivity contribution in [2.75, 3.05) is 36.0 Å². The number of anilines is 2. The fourth-order valence-electron chi connectivity index (χ4n) is 3.83. The molecule has 0 saturated carbocycles. The Labute approximate surface area is 157 Å². The fraction of sp³-hybridized carbons (Fsp3) is 0.238. The van der Waals surface area contributed by atoms with Gasteiger partial charge in [0.05, 0.1) is 0 Å². The van der Waals surface area contributed by atoms with Crippen LogP contribution in [0.2, 0.25) is 0 Å². The number of rotatable bonds is 2. The first-order valence-corrected chi connectivity index (χ1v) is 9.23. The minimum atomic E-state index is 0.796. The number of nitrogens with zero attached hydrogens (tertiary/aromatic N) is 6. The summed E-state index contributed by atoms with van der Waals surface area (Å²) in [6.07, 6.45) is 3.58. The van der Waals surface area contributed by atoms with E-state index in [9.17, 15) is 0 Å². The summed E-state index contributed by atoms with van der Waals surface area (Å²) in [4.78, 5) is 13.2. The van der Waals surface area contributed by atoms with Crippen LogP contribution in [0.3, 0.4) is 0 Å². The van der Waals surface area contributed by atoms with E-state index in [1.165, 1.54) is 16.3 Å². The van der Waals surface area contributed by atoms with Gasteiger partial charge >= 0.3 is 0 Å². The van der Waals surface area contributed by atoms with Crippen molar-refractivity contribution in [3.05, 3.63) is 60.4 Å². The molecule has 0 aliphatic carbocycles. The van der Waals surface area contributed by atoms with Gasteiger partial charge in [0.15, 0.2) is 5.82 Å². The highest BCUT2D eigenvalue weighted by Gasteiger charge is 2.22. The molecule has 27 heavy (non-hydrogen) atoms. The minimum Gasteiger partial charge on any atom is -0.351 e. The molecule has 0 spiro atoms. The molecular formula is C21H20N6. The first-order valence-electron chi connectivity index (χ1n) is 9.23. The van der Waals surface area contributed by atoms with Crippen LogP contribution >= 0.6 is 0 Å². The molecule has 0 amide bonds. The standard InChI is InChI=1S/C21H20N6/c1-15-17-8-7-16-5-2-3-6-18(16)19(17)24-25-20(15)26-11-13-27(14-12-26)21-22-9-4-10-23-21/h2-10H,11-14H2,1H3. The molecule has 0 unspecified atom stereocenters. The van der Waals surface area contributed by atoms with Gasteiger partial charge in [-0.25, -0.2) is 9.97 Å². The monoisotopic (exact) mass is 356 g/mol. The van der Waals surface area contributed by atoms with Crippen LogP contribution in [0, 0.1) is 6.92 Å². The Kier molecular flexibility index (Phi) is 3.81. The predicted octanol–water partition coefficient (Wildman–Crippen LogP) is 3.21. The Bertz CT molecular complexity index is 1100. The highest BCUT2D eigenvalue weighted by atomic mass is 15.3. The lowest BCUT2D eigenvalue weighted by Gasteiger charge is -2.35. The van der Waals surface area contributed by atoms with E-state index in [4.69, 9.17) is 0 Å². The van der Waals surface area contributed by atoms with Crippen LogP contribution in [0.25, 0.3) is 21.7 Å². The maximum absolute atomic E-state index is 4.60.